The molecule has 137 valence electrons. The fraction of sp³-hybridized carbons (Fsp3) is 0.368. The van der Waals surface area contributed by atoms with Gasteiger partial charge in [-0.3, -0.25) is 0 Å². The van der Waals surface area contributed by atoms with Gasteiger partial charge in [-0.15, -0.1) is 0 Å². The molecule has 0 saturated heterocycles. The summed E-state index contributed by atoms with van der Waals surface area (Å²) in [6.45, 7) is 13.4. The molecule has 0 aliphatic heterocycles. The summed E-state index contributed by atoms with van der Waals surface area (Å²) in [5.41, 5.74) is 10.9. The van der Waals surface area contributed by atoms with Gasteiger partial charge >= 0.3 is 0 Å². The van der Waals surface area contributed by atoms with Crippen LogP contribution in [-0.4, -0.2) is 60.7 Å². The van der Waals surface area contributed by atoms with E-state index in [1.54, 1.807) is 0 Å². The summed E-state index contributed by atoms with van der Waals surface area (Å²) in [7, 11) is 10.4. The topological polar surface area (TPSA) is 27.7 Å². The smallest absolute Gasteiger partial charge is 0.256 e. The number of benzene rings is 2. The van der Waals surface area contributed by atoms with Crippen LogP contribution in [0.4, 0.5) is 0 Å². The molecule has 1 aliphatic rings. The molecule has 1 aliphatic carbocycles. The standard InChI is InChI=1S/C19H19O3Si6/c1-7-9(3)13-10(4)8(2)12(6)15-16(13)14(11(7)5)17(26-20-23)19(28-22-25)18(15)27-21-24/h17H,1-6H3. The first-order valence-corrected chi connectivity index (χ1v) is 12.9. The summed E-state index contributed by atoms with van der Waals surface area (Å²) in [5.74, 6) is 0. The van der Waals surface area contributed by atoms with E-state index in [1.807, 2.05) is 0 Å². The lowest BCUT2D eigenvalue weighted by molar-refractivity contribution is 0.641. The van der Waals surface area contributed by atoms with Crippen molar-refractivity contribution < 1.29 is 12.3 Å². The first kappa shape index (κ1) is 22.3. The minimum Gasteiger partial charge on any atom is -0.457 e. The molecule has 15 radical (unpaired) electrons. The summed E-state index contributed by atoms with van der Waals surface area (Å²) in [6.07, 6.45) is 0. The van der Waals surface area contributed by atoms with Gasteiger partial charge in [0, 0.05) is 5.54 Å². The van der Waals surface area contributed by atoms with E-state index in [2.05, 4.69) is 73.0 Å². The largest absolute Gasteiger partial charge is 0.457 e. The summed E-state index contributed by atoms with van der Waals surface area (Å²) in [4.78, 5) is 0. The van der Waals surface area contributed by atoms with Gasteiger partial charge in [0.1, 0.15) is 0 Å². The van der Waals surface area contributed by atoms with Gasteiger partial charge in [0.2, 0.25) is 41.2 Å². The average molecular weight is 464 g/mol. The molecule has 0 bridgehead atoms. The fourth-order valence-corrected chi connectivity index (χ4v) is 8.37. The minimum absolute atomic E-state index is 0.132. The molecule has 0 spiro atoms. The van der Waals surface area contributed by atoms with E-state index in [1.165, 1.54) is 65.7 Å². The molecule has 0 fully saturated rings. The third-order valence-corrected chi connectivity index (χ3v) is 10.3. The molecule has 0 heterocycles. The van der Waals surface area contributed by atoms with Crippen LogP contribution < -0.4 is 0 Å². The molecule has 28 heavy (non-hydrogen) atoms. The molecule has 1 unspecified atom stereocenters. The van der Waals surface area contributed by atoms with Crippen LogP contribution in [0.5, 0.6) is 0 Å². The Labute approximate surface area is 185 Å². The number of rotatable bonds is 6. The van der Waals surface area contributed by atoms with Gasteiger partial charge in [-0.2, -0.15) is 0 Å². The quantitative estimate of drug-likeness (QED) is 0.616. The van der Waals surface area contributed by atoms with Crippen LogP contribution in [0.3, 0.4) is 0 Å². The molecular formula is C19H19O3Si6. The Morgan fingerprint density at radius 2 is 1.21 bits per heavy atom. The highest BCUT2D eigenvalue weighted by molar-refractivity contribution is 6.66. The molecule has 3 rings (SSSR count). The lowest BCUT2D eigenvalue weighted by atomic mass is 9.79. The van der Waals surface area contributed by atoms with Gasteiger partial charge < -0.3 is 12.3 Å². The van der Waals surface area contributed by atoms with Crippen LogP contribution in [0.25, 0.3) is 16.0 Å². The maximum atomic E-state index is 5.52. The van der Waals surface area contributed by atoms with E-state index < -0.39 is 0 Å². The van der Waals surface area contributed by atoms with E-state index >= 15 is 0 Å². The van der Waals surface area contributed by atoms with Crippen LogP contribution in [-0.2, 0) is 12.3 Å². The van der Waals surface area contributed by atoms with Crippen LogP contribution in [0.15, 0.2) is 5.20 Å². The second-order valence-corrected chi connectivity index (χ2v) is 11.8. The van der Waals surface area contributed by atoms with Crippen molar-refractivity contribution in [3.05, 3.63) is 49.7 Å². The maximum Gasteiger partial charge on any atom is 0.256 e. The van der Waals surface area contributed by atoms with E-state index in [-0.39, 0.29) is 34.8 Å². The third kappa shape index (κ3) is 3.30. The molecule has 2 aromatic carbocycles. The van der Waals surface area contributed by atoms with Gasteiger partial charge in [0.25, 0.3) is 19.5 Å². The Bertz CT molecular complexity index is 978. The second-order valence-electron chi connectivity index (χ2n) is 7.14. The van der Waals surface area contributed by atoms with Gasteiger partial charge in [-0.05, 0) is 107 Å². The van der Waals surface area contributed by atoms with Crippen molar-refractivity contribution in [1.82, 2.24) is 0 Å². The lowest BCUT2D eigenvalue weighted by Gasteiger charge is -2.34. The molecule has 1 atom stereocenters. The zero-order valence-corrected chi connectivity index (χ0v) is 22.8. The fourth-order valence-electron chi connectivity index (χ4n) is 4.35. The monoisotopic (exact) mass is 463 g/mol. The third-order valence-electron chi connectivity index (χ3n) is 6.14. The molecule has 0 amide bonds. The highest BCUT2D eigenvalue weighted by Gasteiger charge is 2.35. The van der Waals surface area contributed by atoms with Crippen LogP contribution in [0.2, 0.25) is 0 Å². The van der Waals surface area contributed by atoms with Crippen molar-refractivity contribution in [2.75, 3.05) is 0 Å². The summed E-state index contributed by atoms with van der Waals surface area (Å²) >= 11 is 0. The Morgan fingerprint density at radius 1 is 0.643 bits per heavy atom. The van der Waals surface area contributed by atoms with Gasteiger partial charge in [-0.25, -0.2) is 0 Å². The summed E-state index contributed by atoms with van der Waals surface area (Å²) in [5, 5.41) is 5.18. The highest BCUT2D eigenvalue weighted by atomic mass is 28.3. The second kappa shape index (κ2) is 8.78. The van der Waals surface area contributed by atoms with E-state index in [0.717, 1.165) is 0 Å². The van der Waals surface area contributed by atoms with E-state index in [0.29, 0.717) is 0 Å². The van der Waals surface area contributed by atoms with Gasteiger partial charge in [-0.1, -0.05) is 0 Å². The van der Waals surface area contributed by atoms with Crippen molar-refractivity contribution in [1.29, 1.82) is 0 Å². The number of allylic oxidation sites excluding steroid dienone is 1. The summed E-state index contributed by atoms with van der Waals surface area (Å²) < 4.78 is 16.5. The van der Waals surface area contributed by atoms with Crippen LogP contribution in [0, 0.1) is 41.5 Å². The summed E-state index contributed by atoms with van der Waals surface area (Å²) in [6, 6.07) is 0. The van der Waals surface area contributed by atoms with Crippen LogP contribution >= 0.6 is 0 Å². The van der Waals surface area contributed by atoms with Crippen molar-refractivity contribution in [3.8, 4) is 0 Å². The molecule has 9 heteroatoms. The van der Waals surface area contributed by atoms with Crippen molar-refractivity contribution >= 4 is 76.7 Å². The van der Waals surface area contributed by atoms with Crippen molar-refractivity contribution in [3.63, 3.8) is 0 Å². The van der Waals surface area contributed by atoms with Crippen molar-refractivity contribution in [2.24, 2.45) is 0 Å². The normalized spacial score (nSPS) is 16.4. The predicted octanol–water partition coefficient (Wildman–Crippen LogP) is 2.57. The Hall–Kier alpha value is -0.379. The molecule has 3 nitrogen and oxygen atoms in total. The Balaban J connectivity index is 2.61. The average Bonchev–Trinajstić information content (AvgIpc) is 2.67. The van der Waals surface area contributed by atoms with Gasteiger partial charge in [0.15, 0.2) is 0 Å². The molecule has 0 N–H and O–H groups in total. The van der Waals surface area contributed by atoms with E-state index in [9.17, 15) is 0 Å². The highest BCUT2D eigenvalue weighted by Crippen LogP contribution is 2.48. The van der Waals surface area contributed by atoms with Crippen molar-refractivity contribution in [2.45, 2.75) is 47.1 Å². The zero-order chi connectivity index (χ0) is 20.7. The number of aryl methyl sites for hydroxylation is 2. The predicted molar refractivity (Wildman–Crippen MR) is 120 cm³/mol. The molecule has 0 saturated carbocycles. The van der Waals surface area contributed by atoms with E-state index in [4.69, 9.17) is 12.3 Å². The number of hydrogen-bond donors (Lipinski definition) is 0. The molecule has 0 aromatic heterocycles. The lowest BCUT2D eigenvalue weighted by Crippen LogP contribution is -2.27. The minimum atomic E-state index is 0.132. The first-order valence-electron chi connectivity index (χ1n) is 8.84. The molecular weight excluding hydrogens is 445 g/mol. The number of hydrogen-bond acceptors (Lipinski definition) is 3. The maximum absolute atomic E-state index is 5.52. The SMILES string of the molecule is Cc1c(C)c2c3c(c(C)c(C)c(C)c3c1C)C([Si]O[Si])C([Si]O[Si])=C2[Si]O[Si]. The molecule has 2 aromatic rings. The Kier molecular flexibility index (Phi) is 6.99. The first-order chi connectivity index (χ1) is 13.3. The Morgan fingerprint density at radius 3 is 1.75 bits per heavy atom. The van der Waals surface area contributed by atoms with Gasteiger partial charge in [0.05, 0.1) is 0 Å². The van der Waals surface area contributed by atoms with Crippen LogP contribution in [0.1, 0.15) is 50.0 Å². The zero-order valence-electron chi connectivity index (χ0n) is 16.8.